The van der Waals surface area contributed by atoms with Crippen molar-refractivity contribution in [3.63, 3.8) is 0 Å². The monoisotopic (exact) mass is 544 g/mol. The minimum absolute atomic E-state index is 0.105. The predicted molar refractivity (Wildman–Crippen MR) is 156 cm³/mol. The molecule has 1 spiro atoms. The van der Waals surface area contributed by atoms with Crippen molar-refractivity contribution in [1.82, 2.24) is 4.98 Å². The van der Waals surface area contributed by atoms with E-state index in [1.807, 2.05) is 82.3 Å². The van der Waals surface area contributed by atoms with Crippen LogP contribution in [0, 0.1) is 5.41 Å². The van der Waals surface area contributed by atoms with Crippen LogP contribution in [0.3, 0.4) is 0 Å². The highest BCUT2D eigenvalue weighted by Gasteiger charge is 2.44. The Morgan fingerprint density at radius 1 is 1.03 bits per heavy atom. The van der Waals surface area contributed by atoms with Crippen molar-refractivity contribution in [3.8, 4) is 22.8 Å². The van der Waals surface area contributed by atoms with Crippen LogP contribution in [0.25, 0.3) is 11.3 Å². The number of Topliss-reactive ketones (excluding diaryl/α,β-unsaturated/α-hetero) is 1. The average Bonchev–Trinajstić information content (AvgIpc) is 3.19. The number of esters is 1. The summed E-state index contributed by atoms with van der Waals surface area (Å²) in [6.07, 6.45) is 6.19. The van der Waals surface area contributed by atoms with Gasteiger partial charge in [0.25, 0.3) is 0 Å². The Bertz CT molecular complexity index is 1360. The van der Waals surface area contributed by atoms with E-state index in [4.69, 9.17) is 14.5 Å². The van der Waals surface area contributed by atoms with Gasteiger partial charge in [-0.3, -0.25) is 4.79 Å². The van der Waals surface area contributed by atoms with Crippen molar-refractivity contribution in [2.45, 2.75) is 65.4 Å². The molecule has 0 unspecified atom stereocenters. The third-order valence-electron chi connectivity index (χ3n) is 7.22. The molecule has 0 amide bonds. The number of rotatable bonds is 7. The van der Waals surface area contributed by atoms with Crippen LogP contribution < -0.4 is 9.64 Å². The molecule has 1 saturated heterocycles. The molecule has 5 rings (SSSR count). The quantitative estimate of drug-likeness (QED) is 0.223. The molecule has 7 heteroatoms. The largest absolute Gasteiger partial charge is 0.457 e. The van der Waals surface area contributed by atoms with E-state index >= 15 is 0 Å². The molecule has 2 aliphatic rings. The van der Waals surface area contributed by atoms with Crippen molar-refractivity contribution in [2.75, 3.05) is 18.0 Å². The molecule has 1 fully saturated rings. The summed E-state index contributed by atoms with van der Waals surface area (Å²) in [5, 5.41) is 0.887. The highest BCUT2D eigenvalue weighted by Crippen LogP contribution is 2.46. The maximum absolute atomic E-state index is 12.9. The molecule has 1 aromatic heterocycles. The van der Waals surface area contributed by atoms with Gasteiger partial charge in [-0.1, -0.05) is 42.5 Å². The van der Waals surface area contributed by atoms with Gasteiger partial charge in [0.2, 0.25) is 0 Å². The van der Waals surface area contributed by atoms with E-state index in [0.717, 1.165) is 72.2 Å². The number of thiazole rings is 1. The van der Waals surface area contributed by atoms with Gasteiger partial charge in [-0.2, -0.15) is 0 Å². The summed E-state index contributed by atoms with van der Waals surface area (Å²) in [6, 6.07) is 17.4. The maximum atomic E-state index is 12.9. The summed E-state index contributed by atoms with van der Waals surface area (Å²) < 4.78 is 11.5. The minimum atomic E-state index is -0.486. The third-order valence-corrected chi connectivity index (χ3v) is 8.37. The van der Waals surface area contributed by atoms with Gasteiger partial charge in [-0.05, 0) is 82.9 Å². The second-order valence-electron chi connectivity index (χ2n) is 11.5. The predicted octanol–water partition coefficient (Wildman–Crippen LogP) is 7.84. The Morgan fingerprint density at radius 2 is 1.72 bits per heavy atom. The van der Waals surface area contributed by atoms with Crippen LogP contribution in [0.2, 0.25) is 0 Å². The van der Waals surface area contributed by atoms with Crippen molar-refractivity contribution in [3.05, 3.63) is 71.1 Å². The summed E-state index contributed by atoms with van der Waals surface area (Å²) in [5.74, 6) is 1.43. The number of nitrogens with zero attached hydrogens (tertiary/aromatic N) is 2. The zero-order chi connectivity index (χ0) is 27.6. The number of carbonyl (C=O) groups is 2. The van der Waals surface area contributed by atoms with Gasteiger partial charge >= 0.3 is 5.97 Å². The van der Waals surface area contributed by atoms with Crippen molar-refractivity contribution >= 4 is 28.2 Å². The van der Waals surface area contributed by atoms with Crippen molar-refractivity contribution in [2.24, 2.45) is 5.41 Å². The van der Waals surface area contributed by atoms with Crippen LogP contribution in [0.4, 0.5) is 5.13 Å². The molecule has 0 saturated carbocycles. The highest BCUT2D eigenvalue weighted by molar-refractivity contribution is 7.18. The summed E-state index contributed by atoms with van der Waals surface area (Å²) in [4.78, 5) is 33.4. The van der Waals surface area contributed by atoms with Crippen molar-refractivity contribution < 1.29 is 19.1 Å². The molecule has 39 heavy (non-hydrogen) atoms. The third kappa shape index (κ3) is 6.25. The number of hydrogen-bond donors (Lipinski definition) is 0. The first kappa shape index (κ1) is 27.1. The van der Waals surface area contributed by atoms with Crippen LogP contribution in [-0.2, 0) is 9.53 Å². The van der Waals surface area contributed by atoms with Gasteiger partial charge in [0.1, 0.15) is 17.1 Å². The molecule has 0 atom stereocenters. The van der Waals surface area contributed by atoms with Crippen LogP contribution >= 0.6 is 11.3 Å². The summed E-state index contributed by atoms with van der Waals surface area (Å²) in [7, 11) is 0. The molecule has 1 aliphatic heterocycles. The number of hydrogen-bond acceptors (Lipinski definition) is 7. The summed E-state index contributed by atoms with van der Waals surface area (Å²) in [5.41, 5.74) is 2.10. The van der Waals surface area contributed by atoms with E-state index in [9.17, 15) is 9.59 Å². The molecule has 2 heterocycles. The van der Waals surface area contributed by atoms with E-state index in [1.54, 1.807) is 0 Å². The number of ketones is 1. The fraction of sp³-hybridized carbons (Fsp3) is 0.406. The molecule has 3 aromatic rings. The van der Waals surface area contributed by atoms with Crippen LogP contribution in [0.15, 0.2) is 66.2 Å². The highest BCUT2D eigenvalue weighted by atomic mass is 32.1. The van der Waals surface area contributed by atoms with E-state index in [0.29, 0.717) is 11.3 Å². The van der Waals surface area contributed by atoms with Gasteiger partial charge < -0.3 is 14.4 Å². The van der Waals surface area contributed by atoms with Crippen molar-refractivity contribution in [1.29, 1.82) is 0 Å². The lowest BCUT2D eigenvalue weighted by Crippen LogP contribution is -2.56. The van der Waals surface area contributed by atoms with E-state index in [-0.39, 0.29) is 17.2 Å². The minimum Gasteiger partial charge on any atom is -0.457 e. The Morgan fingerprint density at radius 3 is 2.38 bits per heavy atom. The molecule has 0 radical (unpaired) electrons. The molecule has 0 bridgehead atoms. The molecule has 6 nitrogen and oxygen atoms in total. The zero-order valence-corrected chi connectivity index (χ0v) is 24.0. The Labute approximate surface area is 234 Å². The first-order chi connectivity index (χ1) is 18.6. The molecule has 0 N–H and O–H groups in total. The molecule has 1 aliphatic carbocycles. The summed E-state index contributed by atoms with van der Waals surface area (Å²) in [6.45, 7) is 9.35. The van der Waals surface area contributed by atoms with E-state index in [1.165, 1.54) is 11.3 Å². The zero-order valence-electron chi connectivity index (χ0n) is 23.2. The first-order valence-electron chi connectivity index (χ1n) is 13.7. The van der Waals surface area contributed by atoms with E-state index in [2.05, 4.69) is 11.0 Å². The molecule has 204 valence electrons. The fourth-order valence-electron chi connectivity index (χ4n) is 5.21. The maximum Gasteiger partial charge on any atom is 0.334 e. The number of para-hydroxylation sites is 1. The van der Waals surface area contributed by atoms with E-state index < -0.39 is 5.60 Å². The first-order valence-corrected chi connectivity index (χ1v) is 14.5. The SMILES string of the molecule is CCC(=O)c1sc(N2CC3(CC=C(C(=O)OC(C)(C)C)CCC3)C2)nc1-c1ccc(Oc2ccccc2)cc1. The molecule has 2 aromatic carbocycles. The van der Waals surface area contributed by atoms with Gasteiger partial charge in [0.15, 0.2) is 10.9 Å². The molecular weight excluding hydrogens is 508 g/mol. The normalized spacial score (nSPS) is 16.7. The molecular formula is C32H36N2O4S. The average molecular weight is 545 g/mol. The number of allylic oxidation sites excluding steroid dienone is 1. The van der Waals surface area contributed by atoms with Crippen LogP contribution in [-0.4, -0.2) is 35.4 Å². The Balaban J connectivity index is 1.30. The fourth-order valence-corrected chi connectivity index (χ4v) is 6.30. The lowest BCUT2D eigenvalue weighted by molar-refractivity contribution is -0.150. The van der Waals surface area contributed by atoms with Crippen LogP contribution in [0.1, 0.15) is 69.5 Å². The Kier molecular flexibility index (Phi) is 7.63. The lowest BCUT2D eigenvalue weighted by Gasteiger charge is -2.50. The number of carbonyl (C=O) groups excluding carboxylic acids is 2. The number of ether oxygens (including phenoxy) is 2. The van der Waals surface area contributed by atoms with Gasteiger partial charge in [-0.25, -0.2) is 9.78 Å². The van der Waals surface area contributed by atoms with Gasteiger partial charge in [0, 0.05) is 36.1 Å². The van der Waals surface area contributed by atoms with Gasteiger partial charge in [-0.15, -0.1) is 0 Å². The number of benzene rings is 2. The number of anilines is 1. The second kappa shape index (κ2) is 11.0. The van der Waals surface area contributed by atoms with Crippen LogP contribution in [0.5, 0.6) is 11.5 Å². The smallest absolute Gasteiger partial charge is 0.334 e. The topological polar surface area (TPSA) is 68.7 Å². The number of aromatic nitrogens is 1. The van der Waals surface area contributed by atoms with Gasteiger partial charge in [0.05, 0.1) is 10.6 Å². The summed E-state index contributed by atoms with van der Waals surface area (Å²) >= 11 is 1.49. The second-order valence-corrected chi connectivity index (χ2v) is 12.5. The lowest BCUT2D eigenvalue weighted by atomic mass is 9.74. The standard InChI is InChI=1S/C32H36N2O4S/c1-5-26(35)28-27(22-13-15-25(16-14-22)37-24-11-7-6-8-12-24)33-30(39-28)34-20-32(21-34)18-9-10-23(17-19-32)29(36)38-31(2,3)4/h6-8,11-17H,5,9-10,18-21H2,1-4H3. The Hall–Kier alpha value is -3.45.